The predicted octanol–water partition coefficient (Wildman–Crippen LogP) is 1.98. The Morgan fingerprint density at radius 2 is 2.22 bits per heavy atom. The molecule has 1 aromatic heterocycles. The number of pyridine rings is 1. The summed E-state index contributed by atoms with van der Waals surface area (Å²) in [6.07, 6.45) is 3.31. The van der Waals surface area contributed by atoms with Gasteiger partial charge < -0.3 is 9.88 Å². The van der Waals surface area contributed by atoms with Crippen molar-refractivity contribution in [2.75, 3.05) is 13.1 Å². The van der Waals surface area contributed by atoms with Gasteiger partial charge in [0.05, 0.1) is 0 Å². The first-order chi connectivity index (χ1) is 8.63. The number of allylic oxidation sites excluding steroid dienone is 1. The van der Waals surface area contributed by atoms with Gasteiger partial charge in [-0.1, -0.05) is 11.6 Å². The molecule has 1 saturated heterocycles. The average molecular weight is 244 g/mol. The van der Waals surface area contributed by atoms with E-state index in [1.807, 2.05) is 4.57 Å². The Morgan fingerprint density at radius 1 is 1.39 bits per heavy atom. The first-order valence-electron chi connectivity index (χ1n) is 6.74. The Labute approximate surface area is 108 Å². The molecule has 0 radical (unpaired) electrons. The standard InChI is InChI=1S/C15H20N2O/c1-10(2)3-11-5-14-13-4-12(7-16-8-13)9-17(14)15(18)6-11/h3,5-6,12-13,16H,4,7-9H2,1-2H3/t12?,13-/m0/s1. The van der Waals surface area contributed by atoms with Crippen molar-refractivity contribution >= 4 is 6.08 Å². The Bertz CT molecular complexity index is 552. The number of hydrogen-bond donors (Lipinski definition) is 1. The van der Waals surface area contributed by atoms with Gasteiger partial charge >= 0.3 is 0 Å². The first-order valence-corrected chi connectivity index (χ1v) is 6.74. The molecule has 1 aromatic rings. The molecular formula is C15H20N2O. The number of aromatic nitrogens is 1. The van der Waals surface area contributed by atoms with Crippen LogP contribution in [0.5, 0.6) is 0 Å². The molecular weight excluding hydrogens is 224 g/mol. The molecule has 2 bridgehead atoms. The summed E-state index contributed by atoms with van der Waals surface area (Å²) in [5.41, 5.74) is 3.67. The molecule has 0 spiro atoms. The molecule has 0 aliphatic carbocycles. The van der Waals surface area contributed by atoms with E-state index in [4.69, 9.17) is 0 Å². The maximum Gasteiger partial charge on any atom is 0.251 e. The molecule has 2 aliphatic rings. The molecule has 1 N–H and O–H groups in total. The van der Waals surface area contributed by atoms with Gasteiger partial charge in [0.15, 0.2) is 0 Å². The maximum atomic E-state index is 12.2. The van der Waals surface area contributed by atoms with Crippen molar-refractivity contribution in [3.05, 3.63) is 39.3 Å². The van der Waals surface area contributed by atoms with Crippen LogP contribution in [0.4, 0.5) is 0 Å². The Hall–Kier alpha value is -1.35. The molecule has 3 heterocycles. The second-order valence-corrected chi connectivity index (χ2v) is 5.84. The van der Waals surface area contributed by atoms with E-state index in [-0.39, 0.29) is 5.56 Å². The number of rotatable bonds is 1. The van der Waals surface area contributed by atoms with Crippen LogP contribution in [0.3, 0.4) is 0 Å². The second kappa shape index (κ2) is 4.39. The van der Waals surface area contributed by atoms with Gasteiger partial charge in [0.25, 0.3) is 5.56 Å². The number of fused-ring (bicyclic) bond motifs is 4. The summed E-state index contributed by atoms with van der Waals surface area (Å²) in [5, 5.41) is 3.48. The Balaban J connectivity index is 2.10. The van der Waals surface area contributed by atoms with E-state index in [2.05, 4.69) is 31.3 Å². The first kappa shape index (κ1) is 11.7. The summed E-state index contributed by atoms with van der Waals surface area (Å²) < 4.78 is 1.99. The normalized spacial score (nSPS) is 25.4. The third kappa shape index (κ3) is 2.03. The van der Waals surface area contributed by atoms with Crippen molar-refractivity contribution in [1.29, 1.82) is 0 Å². The minimum Gasteiger partial charge on any atom is -0.316 e. The van der Waals surface area contributed by atoms with Crippen LogP contribution in [-0.4, -0.2) is 17.7 Å². The van der Waals surface area contributed by atoms with E-state index in [1.165, 1.54) is 17.7 Å². The quantitative estimate of drug-likeness (QED) is 0.819. The van der Waals surface area contributed by atoms with Crippen molar-refractivity contribution in [3.63, 3.8) is 0 Å². The lowest BCUT2D eigenvalue weighted by molar-refractivity contribution is 0.257. The van der Waals surface area contributed by atoms with Crippen LogP contribution in [-0.2, 0) is 6.54 Å². The van der Waals surface area contributed by atoms with Crippen LogP contribution in [0.2, 0.25) is 0 Å². The zero-order valence-corrected chi connectivity index (χ0v) is 11.1. The minimum atomic E-state index is 0.164. The van der Waals surface area contributed by atoms with Gasteiger partial charge in [-0.15, -0.1) is 0 Å². The highest BCUT2D eigenvalue weighted by atomic mass is 16.1. The molecule has 18 heavy (non-hydrogen) atoms. The average Bonchev–Trinajstić information content (AvgIpc) is 2.31. The van der Waals surface area contributed by atoms with Crippen molar-refractivity contribution in [2.24, 2.45) is 5.92 Å². The SMILES string of the molecule is CC(C)=Cc1cc2n(c(=O)c1)CC1CNC[C@@H]2C1. The van der Waals surface area contributed by atoms with Crippen LogP contribution < -0.4 is 10.9 Å². The topological polar surface area (TPSA) is 34.0 Å². The number of nitrogens with zero attached hydrogens (tertiary/aromatic N) is 1. The third-order valence-electron chi connectivity index (χ3n) is 3.94. The van der Waals surface area contributed by atoms with Gasteiger partial charge in [-0.25, -0.2) is 0 Å². The molecule has 3 nitrogen and oxygen atoms in total. The summed E-state index contributed by atoms with van der Waals surface area (Å²) >= 11 is 0. The van der Waals surface area contributed by atoms with Gasteiger partial charge in [0.2, 0.25) is 0 Å². The molecule has 0 aromatic carbocycles. The van der Waals surface area contributed by atoms with Crippen LogP contribution in [0, 0.1) is 5.92 Å². The van der Waals surface area contributed by atoms with E-state index in [0.717, 1.165) is 25.2 Å². The fourth-order valence-corrected chi connectivity index (χ4v) is 3.24. The predicted molar refractivity (Wildman–Crippen MR) is 73.7 cm³/mol. The van der Waals surface area contributed by atoms with E-state index >= 15 is 0 Å². The van der Waals surface area contributed by atoms with Crippen molar-refractivity contribution < 1.29 is 0 Å². The number of piperidine rings is 1. The fourth-order valence-electron chi connectivity index (χ4n) is 3.24. The van der Waals surface area contributed by atoms with Crippen LogP contribution >= 0.6 is 0 Å². The molecule has 3 heteroatoms. The van der Waals surface area contributed by atoms with Gasteiger partial charge in [0, 0.05) is 30.8 Å². The highest BCUT2D eigenvalue weighted by Crippen LogP contribution is 2.32. The van der Waals surface area contributed by atoms with Crippen molar-refractivity contribution in [1.82, 2.24) is 9.88 Å². The van der Waals surface area contributed by atoms with E-state index in [9.17, 15) is 4.79 Å². The molecule has 0 saturated carbocycles. The minimum absolute atomic E-state index is 0.164. The maximum absolute atomic E-state index is 12.2. The monoisotopic (exact) mass is 244 g/mol. The lowest BCUT2D eigenvalue weighted by Crippen LogP contribution is -2.44. The summed E-state index contributed by atoms with van der Waals surface area (Å²) in [5.74, 6) is 1.14. The molecule has 1 unspecified atom stereocenters. The smallest absolute Gasteiger partial charge is 0.251 e. The van der Waals surface area contributed by atoms with Gasteiger partial charge in [-0.05, 0) is 44.4 Å². The summed E-state index contributed by atoms with van der Waals surface area (Å²) in [6, 6.07) is 3.97. The van der Waals surface area contributed by atoms with Crippen LogP contribution in [0.15, 0.2) is 22.5 Å². The van der Waals surface area contributed by atoms with Gasteiger partial charge in [-0.3, -0.25) is 4.79 Å². The summed E-state index contributed by atoms with van der Waals surface area (Å²) in [7, 11) is 0. The zero-order valence-electron chi connectivity index (χ0n) is 11.1. The van der Waals surface area contributed by atoms with E-state index in [0.29, 0.717) is 11.8 Å². The molecule has 96 valence electrons. The largest absolute Gasteiger partial charge is 0.316 e. The van der Waals surface area contributed by atoms with E-state index in [1.54, 1.807) is 6.07 Å². The molecule has 1 fully saturated rings. The highest BCUT2D eigenvalue weighted by molar-refractivity contribution is 5.52. The van der Waals surface area contributed by atoms with Gasteiger partial charge in [0.1, 0.15) is 0 Å². The summed E-state index contributed by atoms with van der Waals surface area (Å²) in [4.78, 5) is 12.2. The summed E-state index contributed by atoms with van der Waals surface area (Å²) in [6.45, 7) is 7.07. The van der Waals surface area contributed by atoms with Crippen LogP contribution in [0.25, 0.3) is 6.08 Å². The van der Waals surface area contributed by atoms with Crippen molar-refractivity contribution in [3.8, 4) is 0 Å². The van der Waals surface area contributed by atoms with Crippen LogP contribution in [0.1, 0.15) is 37.4 Å². The highest BCUT2D eigenvalue weighted by Gasteiger charge is 2.30. The lowest BCUT2D eigenvalue weighted by Gasteiger charge is -2.37. The Kier molecular flexibility index (Phi) is 2.86. The molecule has 0 amide bonds. The molecule has 2 atom stereocenters. The van der Waals surface area contributed by atoms with E-state index < -0.39 is 0 Å². The molecule has 2 aliphatic heterocycles. The second-order valence-electron chi connectivity index (χ2n) is 5.84. The third-order valence-corrected chi connectivity index (χ3v) is 3.94. The Morgan fingerprint density at radius 3 is 3.00 bits per heavy atom. The zero-order chi connectivity index (χ0) is 12.7. The number of hydrogen-bond acceptors (Lipinski definition) is 2. The number of nitrogens with one attached hydrogen (secondary N) is 1. The fraction of sp³-hybridized carbons (Fsp3) is 0.533. The van der Waals surface area contributed by atoms with Crippen molar-refractivity contribution in [2.45, 2.75) is 32.7 Å². The molecule has 3 rings (SSSR count). The van der Waals surface area contributed by atoms with Gasteiger partial charge in [-0.2, -0.15) is 0 Å². The lowest BCUT2D eigenvalue weighted by atomic mass is 9.84.